The first-order chi connectivity index (χ1) is 12.2. The third-order valence-electron chi connectivity index (χ3n) is 4.89. The van der Waals surface area contributed by atoms with E-state index in [0.717, 1.165) is 51.1 Å². The van der Waals surface area contributed by atoms with Gasteiger partial charge in [0.2, 0.25) is 5.88 Å². The number of amides is 2. The molecule has 3 heterocycles. The fourth-order valence-electron chi connectivity index (χ4n) is 3.42. The molecular formula is C19H29N3O3. The van der Waals surface area contributed by atoms with E-state index in [4.69, 9.17) is 9.47 Å². The van der Waals surface area contributed by atoms with Gasteiger partial charge in [-0.3, -0.25) is 0 Å². The first-order valence-corrected chi connectivity index (χ1v) is 9.43. The van der Waals surface area contributed by atoms with E-state index >= 15 is 0 Å². The maximum absolute atomic E-state index is 12.4. The minimum absolute atomic E-state index is 0.0254. The highest BCUT2D eigenvalue weighted by Crippen LogP contribution is 2.18. The van der Waals surface area contributed by atoms with Crippen LogP contribution in [0, 0.1) is 5.92 Å². The Morgan fingerprint density at radius 3 is 3.04 bits per heavy atom. The number of urea groups is 1. The predicted octanol–water partition coefficient (Wildman–Crippen LogP) is 2.97. The molecule has 1 aromatic rings. The Morgan fingerprint density at radius 2 is 2.20 bits per heavy atom. The zero-order valence-corrected chi connectivity index (χ0v) is 15.1. The summed E-state index contributed by atoms with van der Waals surface area (Å²) in [4.78, 5) is 18.7. The van der Waals surface area contributed by atoms with Crippen LogP contribution in [0.4, 0.5) is 4.79 Å². The molecule has 3 rings (SSSR count). The minimum atomic E-state index is 0.0254. The van der Waals surface area contributed by atoms with E-state index in [1.807, 2.05) is 17.0 Å². The lowest BCUT2D eigenvalue weighted by molar-refractivity contribution is 0.0237. The van der Waals surface area contributed by atoms with E-state index in [1.165, 1.54) is 12.8 Å². The number of ether oxygens (including phenoxy) is 2. The normalized spacial score (nSPS) is 22.3. The third kappa shape index (κ3) is 5.59. The van der Waals surface area contributed by atoms with Gasteiger partial charge in [0.1, 0.15) is 6.10 Å². The Balaban J connectivity index is 1.50. The molecule has 6 nitrogen and oxygen atoms in total. The fraction of sp³-hybridized carbons (Fsp3) is 0.684. The molecule has 2 fully saturated rings. The van der Waals surface area contributed by atoms with Gasteiger partial charge in [-0.15, -0.1) is 0 Å². The summed E-state index contributed by atoms with van der Waals surface area (Å²) in [6.07, 6.45) is 7.22. The smallest absolute Gasteiger partial charge is 0.317 e. The lowest BCUT2D eigenvalue weighted by Crippen LogP contribution is -2.41. The molecule has 138 valence electrons. The molecule has 0 aliphatic carbocycles. The standard InChI is InChI=1S/C19H29N3O3/c1-15-4-2-3-9-22(14-15)19(23)21-13-16-5-8-20-18(12-16)25-17-6-10-24-11-7-17/h5,8,12,15,17H,2-4,6-7,9-11,13-14H2,1H3,(H,21,23)/t15-/m0/s1. The summed E-state index contributed by atoms with van der Waals surface area (Å²) in [6, 6.07) is 3.86. The molecule has 2 amide bonds. The Hall–Kier alpha value is -1.82. The molecule has 0 saturated carbocycles. The van der Waals surface area contributed by atoms with E-state index in [1.54, 1.807) is 6.20 Å². The number of nitrogens with zero attached hydrogens (tertiary/aromatic N) is 2. The van der Waals surface area contributed by atoms with Gasteiger partial charge in [-0.05, 0) is 30.4 Å². The molecule has 0 unspecified atom stereocenters. The van der Waals surface area contributed by atoms with Crippen LogP contribution in [0.5, 0.6) is 5.88 Å². The highest BCUT2D eigenvalue weighted by molar-refractivity contribution is 5.74. The number of carbonyl (C=O) groups excluding carboxylic acids is 1. The van der Waals surface area contributed by atoms with Crippen LogP contribution in [0.25, 0.3) is 0 Å². The van der Waals surface area contributed by atoms with Crippen molar-refractivity contribution in [1.29, 1.82) is 0 Å². The van der Waals surface area contributed by atoms with E-state index in [0.29, 0.717) is 18.3 Å². The van der Waals surface area contributed by atoms with Gasteiger partial charge in [0, 0.05) is 44.7 Å². The average Bonchev–Trinajstić information content (AvgIpc) is 2.85. The summed E-state index contributed by atoms with van der Waals surface area (Å²) >= 11 is 0. The number of likely N-dealkylation sites (tertiary alicyclic amines) is 1. The SMILES string of the molecule is C[C@H]1CCCCN(C(=O)NCc2ccnc(OC3CCOCC3)c2)C1. The average molecular weight is 347 g/mol. The Bertz CT molecular complexity index is 561. The topological polar surface area (TPSA) is 63.7 Å². The fourth-order valence-corrected chi connectivity index (χ4v) is 3.42. The summed E-state index contributed by atoms with van der Waals surface area (Å²) in [5.41, 5.74) is 1.01. The minimum Gasteiger partial charge on any atom is -0.474 e. The largest absolute Gasteiger partial charge is 0.474 e. The van der Waals surface area contributed by atoms with E-state index in [-0.39, 0.29) is 12.1 Å². The first kappa shape index (κ1) is 18.0. The van der Waals surface area contributed by atoms with Crippen LogP contribution in [-0.2, 0) is 11.3 Å². The lowest BCUT2D eigenvalue weighted by atomic mass is 10.1. The number of aromatic nitrogens is 1. The van der Waals surface area contributed by atoms with Gasteiger partial charge in [-0.1, -0.05) is 13.3 Å². The number of nitrogens with one attached hydrogen (secondary N) is 1. The summed E-state index contributed by atoms with van der Waals surface area (Å²) < 4.78 is 11.3. The van der Waals surface area contributed by atoms with Crippen molar-refractivity contribution in [3.05, 3.63) is 23.9 Å². The molecule has 25 heavy (non-hydrogen) atoms. The molecule has 1 aromatic heterocycles. The van der Waals surface area contributed by atoms with Crippen molar-refractivity contribution in [1.82, 2.24) is 15.2 Å². The number of carbonyl (C=O) groups is 1. The molecule has 0 bridgehead atoms. The van der Waals surface area contributed by atoms with E-state index in [9.17, 15) is 4.79 Å². The van der Waals surface area contributed by atoms with Crippen molar-refractivity contribution in [2.75, 3.05) is 26.3 Å². The molecule has 1 atom stereocenters. The molecule has 1 N–H and O–H groups in total. The molecular weight excluding hydrogens is 318 g/mol. The van der Waals surface area contributed by atoms with E-state index in [2.05, 4.69) is 17.2 Å². The summed E-state index contributed by atoms with van der Waals surface area (Å²) in [5.74, 6) is 1.20. The Morgan fingerprint density at radius 1 is 1.36 bits per heavy atom. The van der Waals surface area contributed by atoms with Gasteiger partial charge in [-0.2, -0.15) is 0 Å². The molecule has 6 heteroatoms. The summed E-state index contributed by atoms with van der Waals surface area (Å²) in [7, 11) is 0. The molecule has 0 radical (unpaired) electrons. The van der Waals surface area contributed by atoms with Crippen LogP contribution in [0.2, 0.25) is 0 Å². The van der Waals surface area contributed by atoms with Crippen molar-refractivity contribution < 1.29 is 14.3 Å². The zero-order chi connectivity index (χ0) is 17.5. The van der Waals surface area contributed by atoms with E-state index < -0.39 is 0 Å². The third-order valence-corrected chi connectivity index (χ3v) is 4.89. The van der Waals surface area contributed by atoms with Crippen molar-refractivity contribution in [3.8, 4) is 5.88 Å². The van der Waals surface area contributed by atoms with Crippen LogP contribution in [0.15, 0.2) is 18.3 Å². The maximum atomic E-state index is 12.4. The van der Waals surface area contributed by atoms with Gasteiger partial charge in [0.25, 0.3) is 0 Å². The van der Waals surface area contributed by atoms with Crippen LogP contribution >= 0.6 is 0 Å². The van der Waals surface area contributed by atoms with Crippen LogP contribution in [0.1, 0.15) is 44.6 Å². The maximum Gasteiger partial charge on any atom is 0.317 e. The Kier molecular flexibility index (Phi) is 6.50. The lowest BCUT2D eigenvalue weighted by Gasteiger charge is -2.24. The second-order valence-corrected chi connectivity index (χ2v) is 7.14. The monoisotopic (exact) mass is 347 g/mol. The van der Waals surface area contributed by atoms with Gasteiger partial charge < -0.3 is 19.7 Å². The molecule has 2 saturated heterocycles. The number of rotatable bonds is 4. The Labute approximate surface area is 149 Å². The van der Waals surface area contributed by atoms with Crippen molar-refractivity contribution in [3.63, 3.8) is 0 Å². The van der Waals surface area contributed by atoms with Gasteiger partial charge in [0.05, 0.1) is 13.2 Å². The predicted molar refractivity (Wildman–Crippen MR) is 95.5 cm³/mol. The molecule has 2 aliphatic heterocycles. The highest BCUT2D eigenvalue weighted by Gasteiger charge is 2.19. The van der Waals surface area contributed by atoms with Gasteiger partial charge in [0.15, 0.2) is 0 Å². The number of pyridine rings is 1. The number of hydrogen-bond donors (Lipinski definition) is 1. The van der Waals surface area contributed by atoms with Crippen LogP contribution < -0.4 is 10.1 Å². The molecule has 2 aliphatic rings. The molecule has 0 spiro atoms. The van der Waals surface area contributed by atoms with Crippen molar-refractivity contribution in [2.24, 2.45) is 5.92 Å². The first-order valence-electron chi connectivity index (χ1n) is 9.43. The summed E-state index contributed by atoms with van der Waals surface area (Å²) in [5, 5.41) is 3.03. The van der Waals surface area contributed by atoms with Crippen molar-refractivity contribution >= 4 is 6.03 Å². The van der Waals surface area contributed by atoms with Crippen LogP contribution in [0.3, 0.4) is 0 Å². The second kappa shape index (κ2) is 9.04. The van der Waals surface area contributed by atoms with Crippen LogP contribution in [-0.4, -0.2) is 48.3 Å². The summed E-state index contributed by atoms with van der Waals surface area (Å²) in [6.45, 7) is 5.90. The molecule has 0 aromatic carbocycles. The zero-order valence-electron chi connectivity index (χ0n) is 15.1. The second-order valence-electron chi connectivity index (χ2n) is 7.14. The van der Waals surface area contributed by atoms with Gasteiger partial charge in [-0.25, -0.2) is 9.78 Å². The quantitative estimate of drug-likeness (QED) is 0.909. The van der Waals surface area contributed by atoms with Gasteiger partial charge >= 0.3 is 6.03 Å². The highest BCUT2D eigenvalue weighted by atomic mass is 16.5. The number of hydrogen-bond acceptors (Lipinski definition) is 4. The van der Waals surface area contributed by atoms with Crippen molar-refractivity contribution in [2.45, 2.75) is 51.7 Å².